The van der Waals surface area contributed by atoms with Gasteiger partial charge in [0.1, 0.15) is 5.75 Å². The Kier molecular flexibility index (Phi) is 6.50. The summed E-state index contributed by atoms with van der Waals surface area (Å²) in [5, 5.41) is 5.58. The smallest absolute Gasteiger partial charge is 0.205 e. The number of aromatic nitrogens is 3. The van der Waals surface area contributed by atoms with E-state index in [0.717, 1.165) is 32.6 Å². The van der Waals surface area contributed by atoms with Gasteiger partial charge in [-0.2, -0.15) is 5.10 Å². The molecule has 2 heterocycles. The molecule has 3 rings (SSSR count). The van der Waals surface area contributed by atoms with Crippen molar-refractivity contribution in [2.24, 2.45) is 5.41 Å². The molecule has 0 amide bonds. The third-order valence-electron chi connectivity index (χ3n) is 4.36. The fourth-order valence-corrected chi connectivity index (χ4v) is 4.59. The van der Waals surface area contributed by atoms with Gasteiger partial charge in [-0.3, -0.25) is 0 Å². The number of benzene rings is 1. The highest BCUT2D eigenvalue weighted by molar-refractivity contribution is 9.10. The second-order valence-corrected chi connectivity index (χ2v) is 11.7. The molecule has 0 bridgehead atoms. The standard InChI is InChI=1S/C22H29BrN3O2Si/c1-14(2)27-19-12-15(23)11-18-16(19)13-24-26(18)20-10-8-9-17(25-20)21(22(3,4)5)28-29(6)7/h8-14,21H,1-7H3. The first-order valence-corrected chi connectivity index (χ1v) is 13.0. The highest BCUT2D eigenvalue weighted by Gasteiger charge is 2.29. The van der Waals surface area contributed by atoms with Crippen molar-refractivity contribution >= 4 is 35.9 Å². The quantitative estimate of drug-likeness (QED) is 0.391. The number of rotatable bonds is 6. The maximum atomic E-state index is 6.32. The van der Waals surface area contributed by atoms with Crippen LogP contribution in [0, 0.1) is 5.41 Å². The Labute approximate surface area is 183 Å². The maximum absolute atomic E-state index is 6.32. The summed E-state index contributed by atoms with van der Waals surface area (Å²) in [6.07, 6.45) is 1.85. The topological polar surface area (TPSA) is 49.2 Å². The summed E-state index contributed by atoms with van der Waals surface area (Å²) >= 11 is 3.60. The van der Waals surface area contributed by atoms with Crippen LogP contribution in [0.5, 0.6) is 5.75 Å². The second kappa shape index (κ2) is 8.58. The number of ether oxygens (including phenoxy) is 1. The SMILES string of the molecule is CC(C)Oc1cc(Br)cc2c1cnn2-c1cccc(C(O[Si](C)C)C(C)(C)C)n1. The third-order valence-corrected chi connectivity index (χ3v) is 5.52. The predicted molar refractivity (Wildman–Crippen MR) is 123 cm³/mol. The molecule has 3 aromatic rings. The molecule has 0 N–H and O–H groups in total. The van der Waals surface area contributed by atoms with E-state index >= 15 is 0 Å². The van der Waals surface area contributed by atoms with Crippen molar-refractivity contribution in [1.82, 2.24) is 14.8 Å². The molecule has 0 fully saturated rings. The number of hydrogen-bond acceptors (Lipinski definition) is 4. The molecular formula is C22H29BrN3O2Si. The molecule has 155 valence electrons. The molecule has 0 saturated heterocycles. The van der Waals surface area contributed by atoms with E-state index in [1.54, 1.807) is 0 Å². The minimum atomic E-state index is -0.871. The van der Waals surface area contributed by atoms with Crippen molar-refractivity contribution in [3.63, 3.8) is 0 Å². The number of fused-ring (bicyclic) bond motifs is 1. The Balaban J connectivity index is 2.09. The zero-order valence-corrected chi connectivity index (χ0v) is 20.7. The van der Waals surface area contributed by atoms with E-state index in [1.165, 1.54) is 0 Å². The highest BCUT2D eigenvalue weighted by atomic mass is 79.9. The molecular weight excluding hydrogens is 446 g/mol. The molecule has 0 aliphatic carbocycles. The average Bonchev–Trinajstić information content (AvgIpc) is 3.02. The van der Waals surface area contributed by atoms with Crippen LogP contribution >= 0.6 is 15.9 Å². The molecule has 0 saturated carbocycles. The van der Waals surface area contributed by atoms with Gasteiger partial charge in [-0.1, -0.05) is 42.8 Å². The highest BCUT2D eigenvalue weighted by Crippen LogP contribution is 2.36. The van der Waals surface area contributed by atoms with Gasteiger partial charge in [0.25, 0.3) is 0 Å². The van der Waals surface area contributed by atoms with Crippen LogP contribution in [0.4, 0.5) is 0 Å². The lowest BCUT2D eigenvalue weighted by Gasteiger charge is -2.32. The van der Waals surface area contributed by atoms with Crippen molar-refractivity contribution in [2.75, 3.05) is 0 Å². The number of hydrogen-bond donors (Lipinski definition) is 0. The van der Waals surface area contributed by atoms with Crippen LogP contribution in [0.2, 0.25) is 13.1 Å². The van der Waals surface area contributed by atoms with Gasteiger partial charge >= 0.3 is 0 Å². The summed E-state index contributed by atoms with van der Waals surface area (Å²) in [7, 11) is -0.871. The normalized spacial score (nSPS) is 13.4. The summed E-state index contributed by atoms with van der Waals surface area (Å²) in [6.45, 7) is 14.9. The average molecular weight is 475 g/mol. The van der Waals surface area contributed by atoms with Crippen molar-refractivity contribution in [3.05, 3.63) is 46.7 Å². The van der Waals surface area contributed by atoms with Gasteiger partial charge in [0.2, 0.25) is 9.04 Å². The summed E-state index contributed by atoms with van der Waals surface area (Å²) < 4.78 is 15.1. The molecule has 7 heteroatoms. The van der Waals surface area contributed by atoms with Crippen LogP contribution in [0.25, 0.3) is 16.7 Å². The van der Waals surface area contributed by atoms with Crippen molar-refractivity contribution in [2.45, 2.75) is 59.9 Å². The molecule has 5 nitrogen and oxygen atoms in total. The first kappa shape index (κ1) is 22.0. The summed E-state index contributed by atoms with van der Waals surface area (Å²) in [5.41, 5.74) is 1.82. The fraction of sp³-hybridized carbons (Fsp3) is 0.455. The molecule has 1 aromatic carbocycles. The van der Waals surface area contributed by atoms with E-state index in [4.69, 9.17) is 14.1 Å². The molecule has 0 aliphatic heterocycles. The van der Waals surface area contributed by atoms with E-state index in [9.17, 15) is 0 Å². The Hall–Kier alpha value is -1.70. The summed E-state index contributed by atoms with van der Waals surface area (Å²) in [5.74, 6) is 1.58. The molecule has 0 aliphatic rings. The van der Waals surface area contributed by atoms with Crippen LogP contribution in [-0.2, 0) is 4.43 Å². The third kappa shape index (κ3) is 5.08. The van der Waals surface area contributed by atoms with Gasteiger partial charge < -0.3 is 9.16 Å². The monoisotopic (exact) mass is 474 g/mol. The minimum absolute atomic E-state index is 0.0545. The van der Waals surface area contributed by atoms with Crippen molar-refractivity contribution in [1.29, 1.82) is 0 Å². The van der Waals surface area contributed by atoms with Crippen LogP contribution in [0.1, 0.15) is 46.4 Å². The lowest BCUT2D eigenvalue weighted by Crippen LogP contribution is -2.27. The molecule has 2 aromatic heterocycles. The molecule has 1 atom stereocenters. The van der Waals surface area contributed by atoms with Gasteiger partial charge in [-0.15, -0.1) is 0 Å². The number of halogens is 1. The van der Waals surface area contributed by atoms with E-state index in [0.29, 0.717) is 0 Å². The van der Waals surface area contributed by atoms with Gasteiger partial charge in [0, 0.05) is 4.47 Å². The Morgan fingerprint density at radius 1 is 1.14 bits per heavy atom. The Bertz CT molecular complexity index is 995. The van der Waals surface area contributed by atoms with Gasteiger partial charge in [-0.05, 0) is 56.6 Å². The molecule has 29 heavy (non-hydrogen) atoms. The number of nitrogens with zero attached hydrogens (tertiary/aromatic N) is 3. The van der Waals surface area contributed by atoms with Crippen LogP contribution in [0.15, 0.2) is 41.0 Å². The van der Waals surface area contributed by atoms with Crippen LogP contribution < -0.4 is 4.74 Å². The second-order valence-electron chi connectivity index (χ2n) is 8.75. The number of pyridine rings is 1. The minimum Gasteiger partial charge on any atom is -0.490 e. The van der Waals surface area contributed by atoms with Crippen LogP contribution in [0.3, 0.4) is 0 Å². The zero-order valence-electron chi connectivity index (χ0n) is 18.2. The summed E-state index contributed by atoms with van der Waals surface area (Å²) in [6, 6.07) is 10.1. The van der Waals surface area contributed by atoms with Gasteiger partial charge in [0.15, 0.2) is 5.82 Å². The molecule has 0 spiro atoms. The van der Waals surface area contributed by atoms with Crippen molar-refractivity contribution in [3.8, 4) is 11.6 Å². The first-order chi connectivity index (χ1) is 13.6. The van der Waals surface area contributed by atoms with Gasteiger partial charge in [-0.25, -0.2) is 9.67 Å². The molecule has 1 unspecified atom stereocenters. The summed E-state index contributed by atoms with van der Waals surface area (Å²) in [4.78, 5) is 4.94. The fourth-order valence-electron chi connectivity index (χ4n) is 3.22. The van der Waals surface area contributed by atoms with Crippen molar-refractivity contribution < 1.29 is 9.16 Å². The van der Waals surface area contributed by atoms with Crippen LogP contribution in [-0.4, -0.2) is 29.9 Å². The maximum Gasteiger partial charge on any atom is 0.205 e. The predicted octanol–water partition coefficient (Wildman–Crippen LogP) is 6.33. The lowest BCUT2D eigenvalue weighted by atomic mass is 9.87. The molecule has 1 radical (unpaired) electrons. The zero-order chi connectivity index (χ0) is 21.3. The lowest BCUT2D eigenvalue weighted by molar-refractivity contribution is 0.0827. The first-order valence-electron chi connectivity index (χ1n) is 9.84. The van der Waals surface area contributed by atoms with E-state index < -0.39 is 9.04 Å². The Morgan fingerprint density at radius 2 is 1.86 bits per heavy atom. The Morgan fingerprint density at radius 3 is 2.48 bits per heavy atom. The van der Waals surface area contributed by atoms with E-state index in [2.05, 4.69) is 54.9 Å². The van der Waals surface area contributed by atoms with E-state index in [-0.39, 0.29) is 17.6 Å². The van der Waals surface area contributed by atoms with Gasteiger partial charge in [0.05, 0.1) is 35.0 Å². The van der Waals surface area contributed by atoms with E-state index in [1.807, 2.05) is 55.1 Å². The largest absolute Gasteiger partial charge is 0.490 e.